The van der Waals surface area contributed by atoms with Gasteiger partial charge in [0.2, 0.25) is 5.91 Å². The minimum Gasteiger partial charge on any atom is -0.395 e. The maximum Gasteiger partial charge on any atom is 0.251 e. The number of nitrogens with zero attached hydrogens (tertiary/aromatic N) is 1. The first kappa shape index (κ1) is 17.4. The first-order valence-electron chi connectivity index (χ1n) is 7.74. The predicted molar refractivity (Wildman–Crippen MR) is 86.1 cm³/mol. The van der Waals surface area contributed by atoms with Crippen molar-refractivity contribution in [3.63, 3.8) is 0 Å². The number of likely N-dealkylation sites (tertiary alicyclic amines) is 1. The Balaban J connectivity index is 1.95. The van der Waals surface area contributed by atoms with Gasteiger partial charge in [-0.05, 0) is 31.5 Å². The normalized spacial score (nSPS) is 21.2. The Morgan fingerprint density at radius 1 is 1.39 bits per heavy atom. The topological polar surface area (TPSA) is 102 Å². The molecule has 7 nitrogen and oxygen atoms in total. The molecule has 1 saturated heterocycles. The van der Waals surface area contributed by atoms with E-state index in [1.807, 2.05) is 6.92 Å². The molecule has 1 aliphatic heterocycles. The third-order valence-corrected chi connectivity index (χ3v) is 3.81. The van der Waals surface area contributed by atoms with Gasteiger partial charge in [0.15, 0.2) is 0 Å². The summed E-state index contributed by atoms with van der Waals surface area (Å²) in [7, 11) is 0. The van der Waals surface area contributed by atoms with Gasteiger partial charge in [-0.1, -0.05) is 6.07 Å². The van der Waals surface area contributed by atoms with Crippen LogP contribution in [0.15, 0.2) is 24.3 Å². The van der Waals surface area contributed by atoms with E-state index in [2.05, 4.69) is 10.6 Å². The fraction of sp³-hybridized carbons (Fsp3) is 0.500. The van der Waals surface area contributed by atoms with Gasteiger partial charge < -0.3 is 20.8 Å². The smallest absolute Gasteiger partial charge is 0.251 e. The largest absolute Gasteiger partial charge is 0.395 e. The fourth-order valence-corrected chi connectivity index (χ4v) is 2.73. The third-order valence-electron chi connectivity index (χ3n) is 3.81. The number of carbonyl (C=O) groups is 2. The first-order chi connectivity index (χ1) is 11.0. The Morgan fingerprint density at radius 2 is 2.17 bits per heavy atom. The molecule has 0 spiro atoms. The monoisotopic (exact) mass is 321 g/mol. The van der Waals surface area contributed by atoms with Crippen LogP contribution in [0.2, 0.25) is 0 Å². The van der Waals surface area contributed by atoms with Crippen molar-refractivity contribution in [1.82, 2.24) is 10.2 Å². The summed E-state index contributed by atoms with van der Waals surface area (Å²) in [6.07, 6.45) is -0.0442. The summed E-state index contributed by atoms with van der Waals surface area (Å²) < 4.78 is 0. The van der Waals surface area contributed by atoms with E-state index >= 15 is 0 Å². The van der Waals surface area contributed by atoms with Crippen molar-refractivity contribution >= 4 is 17.5 Å². The van der Waals surface area contributed by atoms with Crippen molar-refractivity contribution in [2.75, 3.05) is 31.6 Å². The highest BCUT2D eigenvalue weighted by molar-refractivity contribution is 5.97. The maximum absolute atomic E-state index is 12.1. The van der Waals surface area contributed by atoms with Crippen LogP contribution in [0.25, 0.3) is 0 Å². The van der Waals surface area contributed by atoms with Crippen LogP contribution in [-0.2, 0) is 4.79 Å². The Morgan fingerprint density at radius 3 is 2.87 bits per heavy atom. The SMILES string of the molecule is CCNC(=O)c1cccc(NC(=O)CN2C[C@@H](O)C[C@@H]2CO)c1. The second kappa shape index (κ2) is 8.05. The lowest BCUT2D eigenvalue weighted by atomic mass is 10.2. The molecule has 2 atom stereocenters. The Labute approximate surface area is 135 Å². The summed E-state index contributed by atoms with van der Waals surface area (Å²) >= 11 is 0. The molecule has 1 heterocycles. The zero-order valence-electron chi connectivity index (χ0n) is 13.2. The molecule has 2 rings (SSSR count). The highest BCUT2D eigenvalue weighted by Gasteiger charge is 2.31. The molecule has 0 radical (unpaired) electrons. The van der Waals surface area contributed by atoms with Crippen LogP contribution in [0.5, 0.6) is 0 Å². The Bertz CT molecular complexity index is 564. The van der Waals surface area contributed by atoms with E-state index in [4.69, 9.17) is 0 Å². The number of aliphatic hydroxyl groups is 2. The highest BCUT2D eigenvalue weighted by atomic mass is 16.3. The van der Waals surface area contributed by atoms with E-state index in [1.54, 1.807) is 29.2 Å². The first-order valence-corrected chi connectivity index (χ1v) is 7.74. The van der Waals surface area contributed by atoms with Crippen molar-refractivity contribution in [3.8, 4) is 0 Å². The minimum absolute atomic E-state index is 0.0863. The fourth-order valence-electron chi connectivity index (χ4n) is 2.73. The number of rotatable bonds is 6. The minimum atomic E-state index is -0.513. The van der Waals surface area contributed by atoms with E-state index in [9.17, 15) is 19.8 Å². The molecule has 2 amide bonds. The lowest BCUT2D eigenvalue weighted by molar-refractivity contribution is -0.117. The molecule has 0 bridgehead atoms. The molecule has 0 saturated carbocycles. The highest BCUT2D eigenvalue weighted by Crippen LogP contribution is 2.17. The van der Waals surface area contributed by atoms with Crippen LogP contribution < -0.4 is 10.6 Å². The van der Waals surface area contributed by atoms with Crippen molar-refractivity contribution in [3.05, 3.63) is 29.8 Å². The summed E-state index contributed by atoms with van der Waals surface area (Å²) in [6.45, 7) is 2.75. The van der Waals surface area contributed by atoms with Crippen LogP contribution in [0.1, 0.15) is 23.7 Å². The molecule has 7 heteroatoms. The second-order valence-corrected chi connectivity index (χ2v) is 5.64. The van der Waals surface area contributed by atoms with Crippen molar-refractivity contribution < 1.29 is 19.8 Å². The molecular weight excluding hydrogens is 298 g/mol. The number of carbonyl (C=O) groups excluding carboxylic acids is 2. The molecule has 1 aliphatic rings. The van der Waals surface area contributed by atoms with Gasteiger partial charge in [0.05, 0.1) is 19.3 Å². The summed E-state index contributed by atoms with van der Waals surface area (Å²) in [6, 6.07) is 6.52. The van der Waals surface area contributed by atoms with Gasteiger partial charge >= 0.3 is 0 Å². The van der Waals surface area contributed by atoms with Crippen LogP contribution in [-0.4, -0.2) is 65.3 Å². The van der Waals surface area contributed by atoms with E-state index in [0.29, 0.717) is 30.8 Å². The Kier molecular flexibility index (Phi) is 6.09. The number of hydrogen-bond acceptors (Lipinski definition) is 5. The van der Waals surface area contributed by atoms with Gasteiger partial charge in [0.1, 0.15) is 0 Å². The molecule has 0 unspecified atom stereocenters. The van der Waals surface area contributed by atoms with Gasteiger partial charge in [-0.15, -0.1) is 0 Å². The Hall–Kier alpha value is -1.96. The van der Waals surface area contributed by atoms with E-state index in [-0.39, 0.29) is 31.0 Å². The number of nitrogens with one attached hydrogen (secondary N) is 2. The number of amides is 2. The van der Waals surface area contributed by atoms with E-state index < -0.39 is 6.10 Å². The lowest BCUT2D eigenvalue weighted by Crippen LogP contribution is -2.38. The lowest BCUT2D eigenvalue weighted by Gasteiger charge is -2.21. The molecule has 126 valence electrons. The van der Waals surface area contributed by atoms with Gasteiger partial charge in [0, 0.05) is 30.4 Å². The number of hydrogen-bond donors (Lipinski definition) is 4. The number of benzene rings is 1. The maximum atomic E-state index is 12.1. The van der Waals surface area contributed by atoms with Gasteiger partial charge in [-0.3, -0.25) is 14.5 Å². The van der Waals surface area contributed by atoms with Crippen molar-refractivity contribution in [2.45, 2.75) is 25.5 Å². The second-order valence-electron chi connectivity index (χ2n) is 5.64. The molecule has 1 fully saturated rings. The van der Waals surface area contributed by atoms with Gasteiger partial charge in [-0.25, -0.2) is 0 Å². The number of β-amino-alcohol motifs (C(OH)–C–C–N with tert-alkyl or cyclic N) is 1. The molecular formula is C16H23N3O4. The van der Waals surface area contributed by atoms with Gasteiger partial charge in [0.25, 0.3) is 5.91 Å². The molecule has 0 aromatic heterocycles. The summed E-state index contributed by atoms with van der Waals surface area (Å²) in [4.78, 5) is 25.7. The van der Waals surface area contributed by atoms with E-state index in [1.165, 1.54) is 0 Å². The summed E-state index contributed by atoms with van der Waals surface area (Å²) in [5.74, 6) is -0.433. The average molecular weight is 321 g/mol. The molecule has 1 aromatic rings. The van der Waals surface area contributed by atoms with Crippen LogP contribution in [0.4, 0.5) is 5.69 Å². The third kappa shape index (κ3) is 4.75. The van der Waals surface area contributed by atoms with E-state index in [0.717, 1.165) is 0 Å². The van der Waals surface area contributed by atoms with Crippen LogP contribution >= 0.6 is 0 Å². The van der Waals surface area contributed by atoms with Crippen molar-refractivity contribution in [1.29, 1.82) is 0 Å². The molecule has 4 N–H and O–H groups in total. The molecule has 0 aliphatic carbocycles. The van der Waals surface area contributed by atoms with Crippen molar-refractivity contribution in [2.24, 2.45) is 0 Å². The summed E-state index contributed by atoms with van der Waals surface area (Å²) in [5.41, 5.74) is 1.02. The molecule has 23 heavy (non-hydrogen) atoms. The number of aliphatic hydroxyl groups excluding tert-OH is 2. The zero-order valence-corrected chi connectivity index (χ0v) is 13.2. The number of anilines is 1. The predicted octanol–water partition coefficient (Wildman–Crippen LogP) is -0.198. The van der Waals surface area contributed by atoms with Crippen LogP contribution in [0.3, 0.4) is 0 Å². The average Bonchev–Trinajstić information content (AvgIpc) is 2.87. The standard InChI is InChI=1S/C16H23N3O4/c1-2-17-16(23)11-4-3-5-12(6-11)18-15(22)9-19-8-14(21)7-13(19)10-20/h3-6,13-14,20-21H,2,7-10H2,1H3,(H,17,23)(H,18,22)/t13-,14+/m1/s1. The molecule has 1 aromatic carbocycles. The van der Waals surface area contributed by atoms with Gasteiger partial charge in [-0.2, -0.15) is 0 Å². The zero-order chi connectivity index (χ0) is 16.8. The summed E-state index contributed by atoms with van der Waals surface area (Å²) in [5, 5.41) is 24.3. The quantitative estimate of drug-likeness (QED) is 0.581. The van der Waals surface area contributed by atoms with Crippen LogP contribution in [0, 0.1) is 0 Å².